The molecule has 5 heteroatoms. The highest BCUT2D eigenvalue weighted by Crippen LogP contribution is 2.32. The molecule has 0 unspecified atom stereocenters. The van der Waals surface area contributed by atoms with E-state index in [9.17, 15) is 4.39 Å². The highest BCUT2D eigenvalue weighted by molar-refractivity contribution is 14.1. The Hall–Kier alpha value is -0.560. The van der Waals surface area contributed by atoms with Gasteiger partial charge in [-0.1, -0.05) is 6.92 Å². The SMILES string of the molecule is CN1CCC(C)(CNc2cc(F)c(I)cc2N)CC1. The van der Waals surface area contributed by atoms with Crippen molar-refractivity contribution in [3.05, 3.63) is 21.5 Å². The highest BCUT2D eigenvalue weighted by Gasteiger charge is 2.28. The molecule has 3 N–H and O–H groups in total. The normalized spacial score (nSPS) is 19.4. The number of piperidine rings is 1. The summed E-state index contributed by atoms with van der Waals surface area (Å²) in [6.07, 6.45) is 2.31. The molecule has 1 aromatic rings. The van der Waals surface area contributed by atoms with Crippen molar-refractivity contribution in [1.82, 2.24) is 4.90 Å². The van der Waals surface area contributed by atoms with Crippen molar-refractivity contribution < 1.29 is 4.39 Å². The van der Waals surface area contributed by atoms with Crippen LogP contribution in [-0.4, -0.2) is 31.6 Å². The fourth-order valence-corrected chi connectivity index (χ4v) is 2.85. The molecule has 0 atom stereocenters. The van der Waals surface area contributed by atoms with Crippen molar-refractivity contribution in [2.45, 2.75) is 19.8 Å². The van der Waals surface area contributed by atoms with Crippen molar-refractivity contribution >= 4 is 34.0 Å². The first-order valence-corrected chi connectivity index (χ1v) is 7.64. The number of nitrogens with two attached hydrogens (primary N) is 1. The van der Waals surface area contributed by atoms with Gasteiger partial charge in [-0.15, -0.1) is 0 Å². The van der Waals surface area contributed by atoms with Crippen LogP contribution >= 0.6 is 22.6 Å². The van der Waals surface area contributed by atoms with Crippen molar-refractivity contribution in [2.24, 2.45) is 5.41 Å². The Morgan fingerprint density at radius 2 is 2.05 bits per heavy atom. The summed E-state index contributed by atoms with van der Waals surface area (Å²) >= 11 is 1.96. The van der Waals surface area contributed by atoms with Gasteiger partial charge < -0.3 is 16.0 Å². The number of likely N-dealkylation sites (tertiary alicyclic amines) is 1. The molecule has 0 spiro atoms. The van der Waals surface area contributed by atoms with Crippen molar-refractivity contribution in [3.8, 4) is 0 Å². The molecule has 1 saturated heterocycles. The monoisotopic (exact) mass is 377 g/mol. The van der Waals surface area contributed by atoms with Crippen LogP contribution in [0, 0.1) is 14.8 Å². The van der Waals surface area contributed by atoms with Crippen LogP contribution in [0.5, 0.6) is 0 Å². The molecule has 2 rings (SSSR count). The largest absolute Gasteiger partial charge is 0.397 e. The second kappa shape index (κ2) is 5.83. The number of halogens is 2. The Kier molecular flexibility index (Phi) is 4.55. The van der Waals surface area contributed by atoms with E-state index in [0.29, 0.717) is 14.9 Å². The van der Waals surface area contributed by atoms with Crippen LogP contribution in [0.2, 0.25) is 0 Å². The third kappa shape index (κ3) is 3.72. The summed E-state index contributed by atoms with van der Waals surface area (Å²) in [7, 11) is 2.15. The fourth-order valence-electron chi connectivity index (χ4n) is 2.36. The minimum Gasteiger partial charge on any atom is -0.397 e. The Morgan fingerprint density at radius 1 is 1.42 bits per heavy atom. The van der Waals surface area contributed by atoms with Crippen LogP contribution in [0.1, 0.15) is 19.8 Å². The Balaban J connectivity index is 2.01. The molecular formula is C14H21FIN3. The van der Waals surface area contributed by atoms with Gasteiger partial charge in [0.05, 0.1) is 14.9 Å². The molecule has 1 fully saturated rings. The molecule has 3 nitrogen and oxygen atoms in total. The van der Waals surface area contributed by atoms with Gasteiger partial charge in [0, 0.05) is 12.6 Å². The smallest absolute Gasteiger partial charge is 0.138 e. The summed E-state index contributed by atoms with van der Waals surface area (Å²) in [4.78, 5) is 2.35. The predicted molar refractivity (Wildman–Crippen MR) is 86.9 cm³/mol. The lowest BCUT2D eigenvalue weighted by Gasteiger charge is -2.38. The lowest BCUT2D eigenvalue weighted by Crippen LogP contribution is -2.40. The summed E-state index contributed by atoms with van der Waals surface area (Å²) in [5, 5.41) is 3.32. The van der Waals surface area contributed by atoms with Crippen molar-refractivity contribution in [2.75, 3.05) is 37.7 Å². The first-order chi connectivity index (χ1) is 8.89. The summed E-state index contributed by atoms with van der Waals surface area (Å²) in [5.41, 5.74) is 7.51. The van der Waals surface area contributed by atoms with E-state index in [-0.39, 0.29) is 11.2 Å². The van der Waals surface area contributed by atoms with Crippen LogP contribution in [0.3, 0.4) is 0 Å². The van der Waals surface area contributed by atoms with E-state index in [1.807, 2.05) is 22.6 Å². The van der Waals surface area contributed by atoms with E-state index in [1.165, 1.54) is 6.07 Å². The van der Waals surface area contributed by atoms with E-state index in [1.54, 1.807) is 6.07 Å². The Bertz CT molecular complexity index is 456. The van der Waals surface area contributed by atoms with Gasteiger partial charge in [0.2, 0.25) is 0 Å². The standard InChI is InChI=1S/C14H21FIN3/c1-14(3-5-19(2)6-4-14)9-18-13-7-10(15)11(16)8-12(13)17/h7-8,18H,3-6,9,17H2,1-2H3. The molecule has 19 heavy (non-hydrogen) atoms. The minimum absolute atomic E-state index is 0.217. The molecular weight excluding hydrogens is 356 g/mol. The van der Waals surface area contributed by atoms with Gasteiger partial charge in [-0.05, 0) is 67.1 Å². The Labute approximate surface area is 127 Å². The first-order valence-electron chi connectivity index (χ1n) is 6.57. The minimum atomic E-state index is -0.217. The predicted octanol–water partition coefficient (Wildman–Crippen LogP) is 3.16. The lowest BCUT2D eigenvalue weighted by atomic mass is 9.80. The van der Waals surface area contributed by atoms with Crippen LogP contribution < -0.4 is 11.1 Å². The number of hydrogen-bond acceptors (Lipinski definition) is 3. The van der Waals surface area contributed by atoms with Crippen LogP contribution in [0.15, 0.2) is 12.1 Å². The number of nitrogens with zero attached hydrogens (tertiary/aromatic N) is 1. The molecule has 1 aromatic carbocycles. The van der Waals surface area contributed by atoms with Crippen LogP contribution in [0.25, 0.3) is 0 Å². The number of nitrogens with one attached hydrogen (secondary N) is 1. The second-order valence-corrected chi connectivity index (χ2v) is 6.98. The van der Waals surface area contributed by atoms with Crippen LogP contribution in [-0.2, 0) is 0 Å². The molecule has 1 aliphatic rings. The van der Waals surface area contributed by atoms with E-state index in [4.69, 9.17) is 5.73 Å². The number of benzene rings is 1. The van der Waals surface area contributed by atoms with Crippen molar-refractivity contribution in [3.63, 3.8) is 0 Å². The van der Waals surface area contributed by atoms with Gasteiger partial charge in [0.1, 0.15) is 5.82 Å². The number of rotatable bonds is 3. The van der Waals surface area contributed by atoms with Gasteiger partial charge >= 0.3 is 0 Å². The number of hydrogen-bond donors (Lipinski definition) is 2. The zero-order valence-electron chi connectivity index (χ0n) is 11.5. The molecule has 0 amide bonds. The topological polar surface area (TPSA) is 41.3 Å². The molecule has 0 bridgehead atoms. The average Bonchev–Trinajstić information content (AvgIpc) is 2.36. The highest BCUT2D eigenvalue weighted by atomic mass is 127. The summed E-state index contributed by atoms with van der Waals surface area (Å²) in [5.74, 6) is -0.217. The van der Waals surface area contributed by atoms with E-state index in [0.717, 1.165) is 32.5 Å². The van der Waals surface area contributed by atoms with Gasteiger partial charge in [0.25, 0.3) is 0 Å². The van der Waals surface area contributed by atoms with Crippen LogP contribution in [0.4, 0.5) is 15.8 Å². The maximum atomic E-state index is 13.6. The number of nitrogen functional groups attached to an aromatic ring is 1. The molecule has 106 valence electrons. The quantitative estimate of drug-likeness (QED) is 0.628. The number of anilines is 2. The van der Waals surface area contributed by atoms with E-state index in [2.05, 4.69) is 24.2 Å². The van der Waals surface area contributed by atoms with Gasteiger partial charge in [-0.3, -0.25) is 0 Å². The molecule has 0 aliphatic carbocycles. The van der Waals surface area contributed by atoms with E-state index >= 15 is 0 Å². The maximum absolute atomic E-state index is 13.6. The summed E-state index contributed by atoms with van der Waals surface area (Å²) in [6.45, 7) is 5.36. The van der Waals surface area contributed by atoms with Gasteiger partial charge in [-0.25, -0.2) is 4.39 Å². The first kappa shape index (κ1) is 14.8. The lowest BCUT2D eigenvalue weighted by molar-refractivity contribution is 0.150. The molecule has 1 aliphatic heterocycles. The zero-order chi connectivity index (χ0) is 14.0. The average molecular weight is 377 g/mol. The third-order valence-corrected chi connectivity index (χ3v) is 4.82. The molecule has 1 heterocycles. The van der Waals surface area contributed by atoms with Gasteiger partial charge in [-0.2, -0.15) is 0 Å². The maximum Gasteiger partial charge on any atom is 0.138 e. The third-order valence-electron chi connectivity index (χ3n) is 3.99. The Morgan fingerprint density at radius 3 is 2.68 bits per heavy atom. The van der Waals surface area contributed by atoms with Gasteiger partial charge in [0.15, 0.2) is 0 Å². The second-order valence-electron chi connectivity index (χ2n) is 5.82. The zero-order valence-corrected chi connectivity index (χ0v) is 13.6. The van der Waals surface area contributed by atoms with Crippen molar-refractivity contribution in [1.29, 1.82) is 0 Å². The molecule has 0 saturated carbocycles. The molecule has 0 aromatic heterocycles. The summed E-state index contributed by atoms with van der Waals surface area (Å²) in [6, 6.07) is 3.17. The fraction of sp³-hybridized carbons (Fsp3) is 0.571. The molecule has 0 radical (unpaired) electrons. The van der Waals surface area contributed by atoms with E-state index < -0.39 is 0 Å². The summed E-state index contributed by atoms with van der Waals surface area (Å²) < 4.78 is 14.1.